The molecular weight excluding hydrogens is 350 g/mol. The van der Waals surface area contributed by atoms with Crippen molar-refractivity contribution in [3.63, 3.8) is 0 Å². The topological polar surface area (TPSA) is 75.3 Å². The molecule has 144 valence electrons. The summed E-state index contributed by atoms with van der Waals surface area (Å²) in [7, 11) is 7.85. The van der Waals surface area contributed by atoms with Crippen LogP contribution >= 0.6 is 0 Å². The van der Waals surface area contributed by atoms with Gasteiger partial charge >= 0.3 is 0 Å². The molecule has 3 rings (SSSR count). The standard InChI is InChI=1S/C20H23NO6/c1-23-11-6-7-15(24-2)12(8-11)13-9-17(22)21-14-10-16(25-3)19(26-4)20(27-5)18(13)14/h6-8,10,13H,9H2,1-5H3,(H,21,22)/t13-/m1/s1. The highest BCUT2D eigenvalue weighted by Crippen LogP contribution is 2.52. The summed E-state index contributed by atoms with van der Waals surface area (Å²) in [5.74, 6) is 2.41. The minimum Gasteiger partial charge on any atom is -0.497 e. The van der Waals surface area contributed by atoms with E-state index in [9.17, 15) is 4.79 Å². The number of anilines is 1. The second-order valence-corrected chi connectivity index (χ2v) is 6.02. The summed E-state index contributed by atoms with van der Waals surface area (Å²) in [5, 5.41) is 2.90. The van der Waals surface area contributed by atoms with Gasteiger partial charge in [0.15, 0.2) is 11.5 Å². The van der Waals surface area contributed by atoms with Gasteiger partial charge in [0.25, 0.3) is 0 Å². The van der Waals surface area contributed by atoms with Crippen LogP contribution in [0.4, 0.5) is 5.69 Å². The maximum absolute atomic E-state index is 12.4. The van der Waals surface area contributed by atoms with Gasteiger partial charge in [0, 0.05) is 29.5 Å². The zero-order chi connectivity index (χ0) is 19.6. The van der Waals surface area contributed by atoms with E-state index in [0.717, 1.165) is 11.1 Å². The number of methoxy groups -OCH3 is 5. The molecule has 0 unspecified atom stereocenters. The van der Waals surface area contributed by atoms with E-state index in [-0.39, 0.29) is 18.2 Å². The Kier molecular flexibility index (Phi) is 5.30. The van der Waals surface area contributed by atoms with E-state index in [4.69, 9.17) is 23.7 Å². The molecule has 2 aromatic rings. The molecule has 0 saturated heterocycles. The Morgan fingerprint density at radius 3 is 2.15 bits per heavy atom. The first kappa shape index (κ1) is 18.7. The lowest BCUT2D eigenvalue weighted by atomic mass is 9.83. The molecule has 0 bridgehead atoms. The molecule has 7 heteroatoms. The van der Waals surface area contributed by atoms with E-state index in [1.165, 1.54) is 7.11 Å². The second-order valence-electron chi connectivity index (χ2n) is 6.02. The van der Waals surface area contributed by atoms with Gasteiger partial charge in [-0.2, -0.15) is 0 Å². The molecular formula is C20H23NO6. The van der Waals surface area contributed by atoms with Gasteiger partial charge in [0.05, 0.1) is 41.2 Å². The van der Waals surface area contributed by atoms with Crippen molar-refractivity contribution >= 4 is 11.6 Å². The molecule has 0 radical (unpaired) electrons. The highest BCUT2D eigenvalue weighted by molar-refractivity contribution is 5.97. The Morgan fingerprint density at radius 1 is 0.852 bits per heavy atom. The fourth-order valence-corrected chi connectivity index (χ4v) is 3.49. The lowest BCUT2D eigenvalue weighted by molar-refractivity contribution is -0.116. The third-order valence-corrected chi connectivity index (χ3v) is 4.69. The van der Waals surface area contributed by atoms with Crippen molar-refractivity contribution in [1.29, 1.82) is 0 Å². The lowest BCUT2D eigenvalue weighted by Crippen LogP contribution is -2.24. The molecule has 2 aromatic carbocycles. The van der Waals surface area contributed by atoms with Crippen molar-refractivity contribution in [2.24, 2.45) is 0 Å². The van der Waals surface area contributed by atoms with Crippen LogP contribution in [-0.2, 0) is 4.79 Å². The summed E-state index contributed by atoms with van der Waals surface area (Å²) in [4.78, 5) is 12.4. The molecule has 1 aliphatic heterocycles. The summed E-state index contributed by atoms with van der Waals surface area (Å²) in [6.07, 6.45) is 0.238. The van der Waals surface area contributed by atoms with Gasteiger partial charge in [-0.15, -0.1) is 0 Å². The van der Waals surface area contributed by atoms with Crippen LogP contribution in [0.15, 0.2) is 24.3 Å². The fourth-order valence-electron chi connectivity index (χ4n) is 3.49. The minimum atomic E-state index is -0.298. The van der Waals surface area contributed by atoms with E-state index < -0.39 is 0 Å². The summed E-state index contributed by atoms with van der Waals surface area (Å²) in [6.45, 7) is 0. The SMILES string of the molecule is COc1ccc(OC)c([C@H]2CC(=O)Nc3cc(OC)c(OC)c(OC)c32)c1. The lowest BCUT2D eigenvalue weighted by Gasteiger charge is -2.30. The number of amides is 1. The zero-order valence-corrected chi connectivity index (χ0v) is 16.0. The Balaban J connectivity index is 2.29. The Labute approximate surface area is 158 Å². The van der Waals surface area contributed by atoms with E-state index in [1.807, 2.05) is 18.2 Å². The second kappa shape index (κ2) is 7.65. The van der Waals surface area contributed by atoms with Crippen LogP contribution < -0.4 is 29.0 Å². The average Bonchev–Trinajstić information content (AvgIpc) is 2.70. The largest absolute Gasteiger partial charge is 0.497 e. The number of ether oxygens (including phenoxy) is 5. The molecule has 1 N–H and O–H groups in total. The molecule has 0 fully saturated rings. The van der Waals surface area contributed by atoms with Gasteiger partial charge in [-0.1, -0.05) is 0 Å². The minimum absolute atomic E-state index is 0.105. The van der Waals surface area contributed by atoms with Crippen LogP contribution in [0.2, 0.25) is 0 Å². The smallest absolute Gasteiger partial charge is 0.225 e. The molecule has 0 spiro atoms. The first-order valence-corrected chi connectivity index (χ1v) is 8.42. The number of fused-ring (bicyclic) bond motifs is 1. The van der Waals surface area contributed by atoms with Gasteiger partial charge in [-0.3, -0.25) is 4.79 Å². The predicted octanol–water partition coefficient (Wildman–Crippen LogP) is 3.20. The maximum Gasteiger partial charge on any atom is 0.225 e. The van der Waals surface area contributed by atoms with Gasteiger partial charge in [-0.05, 0) is 18.2 Å². The van der Waals surface area contributed by atoms with Gasteiger partial charge in [-0.25, -0.2) is 0 Å². The van der Waals surface area contributed by atoms with Crippen molar-refractivity contribution in [1.82, 2.24) is 0 Å². The Morgan fingerprint density at radius 2 is 1.56 bits per heavy atom. The Hall–Kier alpha value is -3.09. The van der Waals surface area contributed by atoms with Crippen molar-refractivity contribution in [3.05, 3.63) is 35.4 Å². The summed E-state index contributed by atoms with van der Waals surface area (Å²) in [6, 6.07) is 7.26. The molecule has 1 atom stereocenters. The van der Waals surface area contributed by atoms with Crippen molar-refractivity contribution < 1.29 is 28.5 Å². The molecule has 27 heavy (non-hydrogen) atoms. The number of rotatable bonds is 6. The summed E-state index contributed by atoms with van der Waals surface area (Å²) >= 11 is 0. The predicted molar refractivity (Wildman–Crippen MR) is 101 cm³/mol. The molecule has 0 aromatic heterocycles. The van der Waals surface area contributed by atoms with Crippen LogP contribution in [0.1, 0.15) is 23.5 Å². The van der Waals surface area contributed by atoms with Crippen LogP contribution in [0.3, 0.4) is 0 Å². The molecule has 1 heterocycles. The molecule has 7 nitrogen and oxygen atoms in total. The van der Waals surface area contributed by atoms with Crippen LogP contribution in [0, 0.1) is 0 Å². The normalized spacial score (nSPS) is 15.4. The molecule has 0 saturated carbocycles. The van der Waals surface area contributed by atoms with Gasteiger partial charge < -0.3 is 29.0 Å². The average molecular weight is 373 g/mol. The van der Waals surface area contributed by atoms with Crippen molar-refractivity contribution in [2.45, 2.75) is 12.3 Å². The van der Waals surface area contributed by atoms with Crippen LogP contribution in [-0.4, -0.2) is 41.5 Å². The third-order valence-electron chi connectivity index (χ3n) is 4.69. The number of nitrogens with one attached hydrogen (secondary N) is 1. The van der Waals surface area contributed by atoms with Gasteiger partial charge in [0.1, 0.15) is 11.5 Å². The third kappa shape index (κ3) is 3.20. The highest BCUT2D eigenvalue weighted by Gasteiger charge is 2.35. The molecule has 0 aliphatic carbocycles. The summed E-state index contributed by atoms with van der Waals surface area (Å²) in [5.41, 5.74) is 2.26. The monoisotopic (exact) mass is 373 g/mol. The van der Waals surface area contributed by atoms with E-state index in [1.54, 1.807) is 34.5 Å². The first-order chi connectivity index (χ1) is 13.1. The number of hydrogen-bond acceptors (Lipinski definition) is 6. The quantitative estimate of drug-likeness (QED) is 0.838. The van der Waals surface area contributed by atoms with Crippen LogP contribution in [0.25, 0.3) is 0 Å². The number of carbonyl (C=O) groups is 1. The molecule has 1 amide bonds. The molecule has 1 aliphatic rings. The number of carbonyl (C=O) groups excluding carboxylic acids is 1. The fraction of sp³-hybridized carbons (Fsp3) is 0.350. The van der Waals surface area contributed by atoms with Crippen LogP contribution in [0.5, 0.6) is 28.7 Å². The van der Waals surface area contributed by atoms with E-state index in [0.29, 0.717) is 34.4 Å². The first-order valence-electron chi connectivity index (χ1n) is 8.42. The maximum atomic E-state index is 12.4. The van der Waals surface area contributed by atoms with E-state index >= 15 is 0 Å². The zero-order valence-electron chi connectivity index (χ0n) is 16.0. The summed E-state index contributed by atoms with van der Waals surface area (Å²) < 4.78 is 27.5. The Bertz CT molecular complexity index is 864. The van der Waals surface area contributed by atoms with Crippen molar-refractivity contribution in [2.75, 3.05) is 40.9 Å². The van der Waals surface area contributed by atoms with Gasteiger partial charge in [0.2, 0.25) is 11.7 Å². The number of hydrogen-bond donors (Lipinski definition) is 1. The number of benzene rings is 2. The highest BCUT2D eigenvalue weighted by atomic mass is 16.5. The van der Waals surface area contributed by atoms with E-state index in [2.05, 4.69) is 5.32 Å². The van der Waals surface area contributed by atoms with Crippen molar-refractivity contribution in [3.8, 4) is 28.7 Å².